The largest absolute Gasteiger partial charge is 0.401 e. The highest BCUT2D eigenvalue weighted by molar-refractivity contribution is 5.25. The summed E-state index contributed by atoms with van der Waals surface area (Å²) in [6.45, 7) is 2.68. The molecule has 2 rings (SSSR count). The van der Waals surface area contributed by atoms with Crippen molar-refractivity contribution in [2.75, 3.05) is 26.7 Å². The molecule has 0 saturated carbocycles. The van der Waals surface area contributed by atoms with Crippen molar-refractivity contribution >= 4 is 0 Å². The maximum atomic E-state index is 12.3. The number of likely N-dealkylation sites (tertiary alicyclic amines) is 1. The molecule has 1 aliphatic heterocycles. The number of nitrogens with one attached hydrogen (secondary N) is 1. The van der Waals surface area contributed by atoms with Crippen LogP contribution in [0.2, 0.25) is 0 Å². The molecule has 1 saturated heterocycles. The molecule has 0 aromatic heterocycles. The number of benzene rings is 1. The van der Waals surface area contributed by atoms with Gasteiger partial charge in [-0.25, -0.2) is 0 Å². The summed E-state index contributed by atoms with van der Waals surface area (Å²) >= 11 is 0. The van der Waals surface area contributed by atoms with Crippen molar-refractivity contribution in [2.24, 2.45) is 0 Å². The second-order valence-corrected chi connectivity index (χ2v) is 5.76. The van der Waals surface area contributed by atoms with E-state index in [1.807, 2.05) is 14.0 Å². The van der Waals surface area contributed by atoms with E-state index in [0.717, 1.165) is 13.0 Å². The van der Waals surface area contributed by atoms with Gasteiger partial charge in [-0.2, -0.15) is 13.2 Å². The molecule has 1 fully saturated rings. The first-order valence-corrected chi connectivity index (χ1v) is 6.89. The Balaban J connectivity index is 1.99. The molecule has 1 aromatic rings. The molecule has 0 aliphatic carbocycles. The molecule has 5 heteroatoms. The first-order chi connectivity index (χ1) is 9.33. The number of hydrogen-bond donors (Lipinski definition) is 1. The fraction of sp³-hybridized carbons (Fsp3) is 0.600. The Morgan fingerprint density at radius 2 is 1.85 bits per heavy atom. The molecule has 2 atom stereocenters. The monoisotopic (exact) mass is 286 g/mol. The zero-order valence-electron chi connectivity index (χ0n) is 11.9. The Morgan fingerprint density at radius 3 is 2.45 bits per heavy atom. The summed E-state index contributed by atoms with van der Waals surface area (Å²) in [7, 11) is 1.96. The van der Waals surface area contributed by atoms with Crippen molar-refractivity contribution in [1.29, 1.82) is 0 Å². The van der Waals surface area contributed by atoms with Crippen molar-refractivity contribution in [3.63, 3.8) is 0 Å². The highest BCUT2D eigenvalue weighted by atomic mass is 19.4. The van der Waals surface area contributed by atoms with E-state index in [0.29, 0.717) is 12.5 Å². The predicted octanol–water partition coefficient (Wildman–Crippen LogP) is 2.93. The Labute approximate surface area is 118 Å². The molecule has 20 heavy (non-hydrogen) atoms. The minimum absolute atomic E-state index is 0.110. The number of rotatable bonds is 3. The first-order valence-electron chi connectivity index (χ1n) is 6.89. The van der Waals surface area contributed by atoms with Crippen LogP contribution in [0.25, 0.3) is 0 Å². The number of piperidine rings is 1. The van der Waals surface area contributed by atoms with Crippen LogP contribution >= 0.6 is 0 Å². The van der Waals surface area contributed by atoms with Crippen molar-refractivity contribution in [3.05, 3.63) is 35.4 Å². The number of hydrogen-bond acceptors (Lipinski definition) is 2. The summed E-state index contributed by atoms with van der Waals surface area (Å²) in [5.41, 5.74) is 2.41. The van der Waals surface area contributed by atoms with Crippen LogP contribution in [0.15, 0.2) is 24.3 Å². The van der Waals surface area contributed by atoms with Crippen LogP contribution < -0.4 is 5.32 Å². The van der Waals surface area contributed by atoms with Crippen molar-refractivity contribution in [3.8, 4) is 0 Å². The highest BCUT2D eigenvalue weighted by Crippen LogP contribution is 2.27. The number of aryl methyl sites for hydroxylation is 1. The summed E-state index contributed by atoms with van der Waals surface area (Å²) in [6.07, 6.45) is -3.39. The second-order valence-electron chi connectivity index (χ2n) is 5.76. The molecule has 1 heterocycles. The smallest absolute Gasteiger partial charge is 0.305 e. The Morgan fingerprint density at radius 1 is 1.20 bits per heavy atom. The van der Waals surface area contributed by atoms with Crippen molar-refractivity contribution in [2.45, 2.75) is 31.5 Å². The molecule has 0 amide bonds. The number of likely N-dealkylation sites (N-methyl/N-ethyl adjacent to an activating group) is 1. The van der Waals surface area contributed by atoms with E-state index in [1.165, 1.54) is 11.1 Å². The van der Waals surface area contributed by atoms with Crippen LogP contribution in [0.4, 0.5) is 13.2 Å². The summed E-state index contributed by atoms with van der Waals surface area (Å²) in [6, 6.07) is 8.17. The van der Waals surface area contributed by atoms with Crippen LogP contribution in [-0.4, -0.2) is 43.8 Å². The van der Waals surface area contributed by atoms with E-state index in [-0.39, 0.29) is 6.04 Å². The van der Waals surface area contributed by atoms with Gasteiger partial charge in [0, 0.05) is 19.1 Å². The van der Waals surface area contributed by atoms with Gasteiger partial charge in [0.15, 0.2) is 0 Å². The molecule has 0 spiro atoms. The maximum absolute atomic E-state index is 12.3. The van der Waals surface area contributed by atoms with Crippen LogP contribution in [0.5, 0.6) is 0 Å². The fourth-order valence-electron chi connectivity index (χ4n) is 2.81. The van der Waals surface area contributed by atoms with Crippen LogP contribution in [-0.2, 0) is 0 Å². The predicted molar refractivity (Wildman–Crippen MR) is 73.9 cm³/mol. The van der Waals surface area contributed by atoms with Gasteiger partial charge < -0.3 is 10.2 Å². The van der Waals surface area contributed by atoms with Gasteiger partial charge in [0.25, 0.3) is 0 Å². The summed E-state index contributed by atoms with van der Waals surface area (Å²) in [4.78, 5) is 2.10. The maximum Gasteiger partial charge on any atom is 0.401 e. The first kappa shape index (κ1) is 15.3. The van der Waals surface area contributed by atoms with Gasteiger partial charge in [-0.1, -0.05) is 29.8 Å². The average molecular weight is 286 g/mol. The lowest BCUT2D eigenvalue weighted by atomic mass is 9.88. The SMILES string of the molecule is Cc1ccc(C2CC(NCC(F)(F)F)CN(C)C2)cc1. The molecular formula is C15H21F3N2. The summed E-state index contributed by atoms with van der Waals surface area (Å²) in [5.74, 6) is 0.292. The number of halogens is 3. The van der Waals surface area contributed by atoms with Crippen molar-refractivity contribution in [1.82, 2.24) is 10.2 Å². The van der Waals surface area contributed by atoms with Crippen molar-refractivity contribution < 1.29 is 13.2 Å². The molecule has 1 N–H and O–H groups in total. The average Bonchev–Trinajstić information content (AvgIpc) is 2.36. The van der Waals surface area contributed by atoms with Gasteiger partial charge in [0.05, 0.1) is 6.54 Å². The van der Waals surface area contributed by atoms with Crippen LogP contribution in [0, 0.1) is 6.92 Å². The molecule has 112 valence electrons. The molecular weight excluding hydrogens is 265 g/mol. The Hall–Kier alpha value is -1.07. The molecule has 0 radical (unpaired) electrons. The Bertz CT molecular complexity index is 428. The molecule has 0 bridgehead atoms. The molecule has 2 unspecified atom stereocenters. The van der Waals surface area contributed by atoms with Crippen LogP contribution in [0.1, 0.15) is 23.5 Å². The van der Waals surface area contributed by atoms with Gasteiger partial charge in [-0.05, 0) is 31.9 Å². The van der Waals surface area contributed by atoms with Gasteiger partial charge >= 0.3 is 6.18 Å². The summed E-state index contributed by atoms with van der Waals surface area (Å²) in [5, 5.41) is 2.64. The van der Waals surface area contributed by atoms with Gasteiger partial charge in [-0.15, -0.1) is 0 Å². The molecule has 1 aromatic carbocycles. The van der Waals surface area contributed by atoms with E-state index in [2.05, 4.69) is 34.5 Å². The van der Waals surface area contributed by atoms with Crippen LogP contribution in [0.3, 0.4) is 0 Å². The quantitative estimate of drug-likeness (QED) is 0.919. The van der Waals surface area contributed by atoms with E-state index in [1.54, 1.807) is 0 Å². The van der Waals surface area contributed by atoms with E-state index in [9.17, 15) is 13.2 Å². The zero-order valence-corrected chi connectivity index (χ0v) is 11.9. The number of nitrogens with zero attached hydrogens (tertiary/aromatic N) is 1. The molecule has 2 nitrogen and oxygen atoms in total. The fourth-order valence-corrected chi connectivity index (χ4v) is 2.81. The van der Waals surface area contributed by atoms with Gasteiger partial charge in [-0.3, -0.25) is 0 Å². The number of alkyl halides is 3. The normalized spacial score (nSPS) is 24.9. The Kier molecular flexibility index (Phi) is 4.70. The topological polar surface area (TPSA) is 15.3 Å². The van der Waals surface area contributed by atoms with E-state index < -0.39 is 12.7 Å². The lowest BCUT2D eigenvalue weighted by molar-refractivity contribution is -0.127. The molecule has 1 aliphatic rings. The third kappa shape index (κ3) is 4.49. The van der Waals surface area contributed by atoms with E-state index >= 15 is 0 Å². The zero-order chi connectivity index (χ0) is 14.8. The second kappa shape index (κ2) is 6.14. The standard InChI is InChI=1S/C15H21F3N2/c1-11-3-5-12(6-4-11)13-7-14(9-20(2)8-13)19-10-15(16,17)18/h3-6,13-14,19H,7-10H2,1-2H3. The van der Waals surface area contributed by atoms with Gasteiger partial charge in [0.2, 0.25) is 0 Å². The van der Waals surface area contributed by atoms with Gasteiger partial charge in [0.1, 0.15) is 0 Å². The highest BCUT2D eigenvalue weighted by Gasteiger charge is 2.31. The third-order valence-corrected chi connectivity index (χ3v) is 3.77. The lowest BCUT2D eigenvalue weighted by Gasteiger charge is -2.36. The third-order valence-electron chi connectivity index (χ3n) is 3.77. The minimum Gasteiger partial charge on any atom is -0.305 e. The van der Waals surface area contributed by atoms with E-state index in [4.69, 9.17) is 0 Å². The lowest BCUT2D eigenvalue weighted by Crippen LogP contribution is -2.49. The minimum atomic E-state index is -4.14. The summed E-state index contributed by atoms with van der Waals surface area (Å²) < 4.78 is 36.9.